The summed E-state index contributed by atoms with van der Waals surface area (Å²) < 4.78 is 1.99. The zero-order chi connectivity index (χ0) is 22.9. The number of carbonyl (C=O) groups is 1. The van der Waals surface area contributed by atoms with Gasteiger partial charge in [-0.2, -0.15) is 5.10 Å². The fourth-order valence-corrected chi connectivity index (χ4v) is 5.45. The fourth-order valence-electron chi connectivity index (χ4n) is 5.45. The van der Waals surface area contributed by atoms with E-state index in [0.29, 0.717) is 6.42 Å². The number of nitrogens with zero attached hydrogens (tertiary/aromatic N) is 6. The summed E-state index contributed by atoms with van der Waals surface area (Å²) in [5.41, 5.74) is 7.62. The molecule has 2 aliphatic heterocycles. The van der Waals surface area contributed by atoms with Crippen LogP contribution in [-0.2, 0) is 17.8 Å². The van der Waals surface area contributed by atoms with E-state index < -0.39 is 0 Å². The molecular formula is C26H34N6O. The summed E-state index contributed by atoms with van der Waals surface area (Å²) >= 11 is 0. The highest BCUT2D eigenvalue weighted by Crippen LogP contribution is 2.33. The molecule has 0 aromatic carbocycles. The topological polar surface area (TPSA) is 66.6 Å². The van der Waals surface area contributed by atoms with Crippen molar-refractivity contribution in [3.05, 3.63) is 58.3 Å². The standard InChI is InChI=1S/C26H34N6O/c1-18-8-6-12-27-23(18)17-31-15-7-9-24(31)22-16-25-28-19(2)21(20(3)32(25)29-22)10-11-26(33)30-13-4-5-14-30/h6,8,12,16,24H,4-5,7,9-11,13-15,17H2,1-3H3. The molecule has 0 saturated carbocycles. The van der Waals surface area contributed by atoms with Crippen molar-refractivity contribution in [3.8, 4) is 0 Å². The van der Waals surface area contributed by atoms with E-state index in [1.165, 1.54) is 12.0 Å². The summed E-state index contributed by atoms with van der Waals surface area (Å²) in [5.74, 6) is 0.263. The van der Waals surface area contributed by atoms with Crippen molar-refractivity contribution in [1.82, 2.24) is 29.4 Å². The molecule has 3 aromatic heterocycles. The van der Waals surface area contributed by atoms with Gasteiger partial charge in [0.2, 0.25) is 5.91 Å². The Morgan fingerprint density at radius 3 is 2.73 bits per heavy atom. The lowest BCUT2D eigenvalue weighted by Gasteiger charge is -2.23. The number of hydrogen-bond acceptors (Lipinski definition) is 5. The zero-order valence-electron chi connectivity index (χ0n) is 20.0. The summed E-state index contributed by atoms with van der Waals surface area (Å²) in [4.78, 5) is 26.5. The van der Waals surface area contributed by atoms with E-state index in [4.69, 9.17) is 10.1 Å². The lowest BCUT2D eigenvalue weighted by atomic mass is 10.1. The summed E-state index contributed by atoms with van der Waals surface area (Å²) in [6.07, 6.45) is 7.68. The van der Waals surface area contributed by atoms with E-state index in [1.54, 1.807) is 0 Å². The van der Waals surface area contributed by atoms with Gasteiger partial charge in [0.05, 0.1) is 17.4 Å². The first-order chi connectivity index (χ1) is 16.0. The zero-order valence-corrected chi connectivity index (χ0v) is 20.0. The second-order valence-corrected chi connectivity index (χ2v) is 9.58. The Hall–Kier alpha value is -2.80. The van der Waals surface area contributed by atoms with E-state index in [-0.39, 0.29) is 11.9 Å². The first-order valence-electron chi connectivity index (χ1n) is 12.3. The molecule has 5 rings (SSSR count). The minimum absolute atomic E-state index is 0.263. The van der Waals surface area contributed by atoms with Gasteiger partial charge in [0.15, 0.2) is 5.65 Å². The molecule has 0 aliphatic carbocycles. The van der Waals surface area contributed by atoms with Crippen LogP contribution in [0.5, 0.6) is 0 Å². The number of fused-ring (bicyclic) bond motifs is 1. The monoisotopic (exact) mass is 446 g/mol. The number of pyridine rings is 1. The summed E-state index contributed by atoms with van der Waals surface area (Å²) in [6.45, 7) is 10.0. The summed E-state index contributed by atoms with van der Waals surface area (Å²) in [5, 5.41) is 5.01. The number of hydrogen-bond donors (Lipinski definition) is 0. The molecule has 1 atom stereocenters. The molecule has 7 heteroatoms. The predicted octanol–water partition coefficient (Wildman–Crippen LogP) is 3.94. The van der Waals surface area contributed by atoms with E-state index in [0.717, 1.165) is 85.8 Å². The molecule has 1 unspecified atom stereocenters. The van der Waals surface area contributed by atoms with E-state index in [9.17, 15) is 4.79 Å². The molecule has 0 bridgehead atoms. The molecular weight excluding hydrogens is 412 g/mol. The van der Waals surface area contributed by atoms with Crippen molar-refractivity contribution >= 4 is 11.6 Å². The predicted molar refractivity (Wildman–Crippen MR) is 128 cm³/mol. The van der Waals surface area contributed by atoms with Crippen LogP contribution in [0.2, 0.25) is 0 Å². The third-order valence-electron chi connectivity index (χ3n) is 7.41. The molecule has 3 aromatic rings. The maximum atomic E-state index is 12.6. The second-order valence-electron chi connectivity index (χ2n) is 9.58. The van der Waals surface area contributed by atoms with Crippen LogP contribution in [0.15, 0.2) is 24.4 Å². The molecule has 0 N–H and O–H groups in total. The minimum atomic E-state index is 0.263. The van der Waals surface area contributed by atoms with Crippen LogP contribution >= 0.6 is 0 Å². The highest BCUT2D eigenvalue weighted by Gasteiger charge is 2.29. The molecule has 7 nitrogen and oxygen atoms in total. The van der Waals surface area contributed by atoms with Crippen LogP contribution in [0.3, 0.4) is 0 Å². The third kappa shape index (κ3) is 4.38. The van der Waals surface area contributed by atoms with Crippen LogP contribution < -0.4 is 0 Å². The van der Waals surface area contributed by atoms with Crippen molar-refractivity contribution in [3.63, 3.8) is 0 Å². The number of carbonyl (C=O) groups excluding carboxylic acids is 1. The Labute approximate surface area is 195 Å². The maximum absolute atomic E-state index is 12.6. The Kier molecular flexibility index (Phi) is 6.15. The van der Waals surface area contributed by atoms with Gasteiger partial charge in [-0.05, 0) is 76.6 Å². The highest BCUT2D eigenvalue weighted by molar-refractivity contribution is 5.76. The summed E-state index contributed by atoms with van der Waals surface area (Å²) in [7, 11) is 0. The second kappa shape index (κ2) is 9.21. The normalized spacial score (nSPS) is 19.1. The van der Waals surface area contributed by atoms with Gasteiger partial charge in [-0.15, -0.1) is 0 Å². The Morgan fingerprint density at radius 2 is 1.94 bits per heavy atom. The van der Waals surface area contributed by atoms with Crippen LogP contribution in [0, 0.1) is 20.8 Å². The van der Waals surface area contributed by atoms with Gasteiger partial charge in [0, 0.05) is 49.7 Å². The van der Waals surface area contributed by atoms with Crippen molar-refractivity contribution in [1.29, 1.82) is 0 Å². The molecule has 2 saturated heterocycles. The summed E-state index contributed by atoms with van der Waals surface area (Å²) in [6, 6.07) is 6.56. The molecule has 33 heavy (non-hydrogen) atoms. The first-order valence-corrected chi connectivity index (χ1v) is 12.3. The molecule has 2 aliphatic rings. The van der Waals surface area contributed by atoms with Gasteiger partial charge in [-0.25, -0.2) is 9.50 Å². The SMILES string of the molecule is Cc1cccnc1CN1CCCC1c1cc2nc(C)c(CCC(=O)N3CCCC3)c(C)n2n1. The van der Waals surface area contributed by atoms with Crippen molar-refractivity contribution in [2.45, 2.75) is 71.9 Å². The lowest BCUT2D eigenvalue weighted by molar-refractivity contribution is -0.130. The van der Waals surface area contributed by atoms with Crippen LogP contribution in [0.4, 0.5) is 0 Å². The molecule has 2 fully saturated rings. The average Bonchev–Trinajstić information content (AvgIpc) is 3.55. The van der Waals surface area contributed by atoms with Gasteiger partial charge in [0.25, 0.3) is 0 Å². The fraction of sp³-hybridized carbons (Fsp3) is 0.538. The number of aromatic nitrogens is 4. The van der Waals surface area contributed by atoms with E-state index in [2.05, 4.69) is 42.8 Å². The van der Waals surface area contributed by atoms with Crippen LogP contribution in [0.1, 0.15) is 72.0 Å². The Bertz CT molecular complexity index is 1160. The minimum Gasteiger partial charge on any atom is -0.343 e. The Morgan fingerprint density at radius 1 is 1.12 bits per heavy atom. The number of aryl methyl sites for hydroxylation is 3. The van der Waals surface area contributed by atoms with Gasteiger partial charge < -0.3 is 4.90 Å². The average molecular weight is 447 g/mol. The van der Waals surface area contributed by atoms with Gasteiger partial charge in [-0.3, -0.25) is 14.7 Å². The highest BCUT2D eigenvalue weighted by atomic mass is 16.2. The molecule has 174 valence electrons. The largest absolute Gasteiger partial charge is 0.343 e. The van der Waals surface area contributed by atoms with Crippen molar-refractivity contribution in [2.24, 2.45) is 0 Å². The van der Waals surface area contributed by atoms with Crippen molar-refractivity contribution < 1.29 is 4.79 Å². The molecule has 0 radical (unpaired) electrons. The third-order valence-corrected chi connectivity index (χ3v) is 7.41. The van der Waals surface area contributed by atoms with E-state index in [1.807, 2.05) is 21.7 Å². The number of amides is 1. The molecule has 1 amide bonds. The van der Waals surface area contributed by atoms with Gasteiger partial charge in [0.1, 0.15) is 0 Å². The quantitative estimate of drug-likeness (QED) is 0.574. The Balaban J connectivity index is 1.37. The van der Waals surface area contributed by atoms with Crippen LogP contribution in [0.25, 0.3) is 5.65 Å². The molecule has 0 spiro atoms. The maximum Gasteiger partial charge on any atom is 0.222 e. The van der Waals surface area contributed by atoms with Crippen molar-refractivity contribution in [2.75, 3.05) is 19.6 Å². The van der Waals surface area contributed by atoms with Crippen LogP contribution in [-0.4, -0.2) is 54.9 Å². The number of rotatable bonds is 6. The lowest BCUT2D eigenvalue weighted by Crippen LogP contribution is -2.28. The van der Waals surface area contributed by atoms with E-state index >= 15 is 0 Å². The smallest absolute Gasteiger partial charge is 0.222 e. The number of likely N-dealkylation sites (tertiary alicyclic amines) is 2. The molecule has 5 heterocycles. The first kappa shape index (κ1) is 22.0. The van der Waals surface area contributed by atoms with Gasteiger partial charge >= 0.3 is 0 Å². The van der Waals surface area contributed by atoms with Gasteiger partial charge in [-0.1, -0.05) is 6.07 Å².